The van der Waals surface area contributed by atoms with Crippen LogP contribution in [0.2, 0.25) is 0 Å². The predicted molar refractivity (Wildman–Crippen MR) is 90.8 cm³/mol. The molecule has 0 bridgehead atoms. The maximum atomic E-state index is 13.7. The molecule has 7 nitrogen and oxygen atoms in total. The van der Waals surface area contributed by atoms with E-state index in [2.05, 4.69) is 26.1 Å². The zero-order valence-corrected chi connectivity index (χ0v) is 13.9. The quantitative estimate of drug-likeness (QED) is 0.649. The van der Waals surface area contributed by atoms with Crippen molar-refractivity contribution in [2.24, 2.45) is 5.92 Å². The Morgan fingerprint density at radius 3 is 2.69 bits per heavy atom. The molecule has 1 atom stereocenters. The van der Waals surface area contributed by atoms with Gasteiger partial charge in [-0.1, -0.05) is 6.07 Å². The first-order chi connectivity index (χ1) is 12.6. The maximum absolute atomic E-state index is 13.7. The third kappa shape index (κ3) is 4.05. The van der Waals surface area contributed by atoms with Crippen molar-refractivity contribution >= 4 is 17.5 Å². The van der Waals surface area contributed by atoms with Crippen LogP contribution in [-0.2, 0) is 0 Å². The molecule has 0 aliphatic carbocycles. The van der Waals surface area contributed by atoms with E-state index in [1.165, 1.54) is 6.20 Å². The molecule has 0 spiro atoms. The van der Waals surface area contributed by atoms with E-state index in [4.69, 9.17) is 0 Å². The van der Waals surface area contributed by atoms with Gasteiger partial charge in [0.05, 0.1) is 5.69 Å². The van der Waals surface area contributed by atoms with Gasteiger partial charge in [-0.2, -0.15) is 5.10 Å². The van der Waals surface area contributed by atoms with Crippen molar-refractivity contribution in [2.45, 2.75) is 12.8 Å². The Morgan fingerprint density at radius 1 is 1.23 bits per heavy atom. The smallest absolute Gasteiger partial charge is 0.273 e. The van der Waals surface area contributed by atoms with E-state index in [9.17, 15) is 18.4 Å². The fourth-order valence-electron chi connectivity index (χ4n) is 2.88. The average Bonchev–Trinajstić information content (AvgIpc) is 3.08. The molecule has 1 aliphatic rings. The summed E-state index contributed by atoms with van der Waals surface area (Å²) in [5.41, 5.74) is -0.705. The van der Waals surface area contributed by atoms with Crippen molar-refractivity contribution in [3.05, 3.63) is 47.3 Å². The van der Waals surface area contributed by atoms with Gasteiger partial charge in [-0.05, 0) is 44.0 Å². The van der Waals surface area contributed by atoms with E-state index < -0.39 is 29.0 Å². The van der Waals surface area contributed by atoms with Crippen molar-refractivity contribution in [1.82, 2.24) is 20.8 Å². The highest BCUT2D eigenvalue weighted by Crippen LogP contribution is 2.17. The van der Waals surface area contributed by atoms with E-state index in [-0.39, 0.29) is 11.4 Å². The second-order valence-corrected chi connectivity index (χ2v) is 6.12. The summed E-state index contributed by atoms with van der Waals surface area (Å²) in [4.78, 5) is 24.5. The Hall–Kier alpha value is -2.81. The van der Waals surface area contributed by atoms with E-state index in [0.29, 0.717) is 12.5 Å². The molecule has 1 aromatic heterocycles. The molecule has 2 aromatic rings. The van der Waals surface area contributed by atoms with Crippen LogP contribution in [0.3, 0.4) is 0 Å². The average molecular weight is 363 g/mol. The van der Waals surface area contributed by atoms with Gasteiger partial charge in [0.1, 0.15) is 17.2 Å². The van der Waals surface area contributed by atoms with Crippen LogP contribution in [0.25, 0.3) is 0 Å². The van der Waals surface area contributed by atoms with E-state index in [1.54, 1.807) is 0 Å². The van der Waals surface area contributed by atoms with Gasteiger partial charge in [-0.15, -0.1) is 0 Å². The monoisotopic (exact) mass is 363 g/mol. The summed E-state index contributed by atoms with van der Waals surface area (Å²) in [7, 11) is 0. The fourth-order valence-corrected chi connectivity index (χ4v) is 2.88. The van der Waals surface area contributed by atoms with Crippen LogP contribution in [0.5, 0.6) is 0 Å². The molecule has 0 saturated carbocycles. The van der Waals surface area contributed by atoms with Crippen LogP contribution in [0.1, 0.15) is 33.7 Å². The third-order valence-corrected chi connectivity index (χ3v) is 4.24. The molecule has 138 valence electrons. The lowest BCUT2D eigenvalue weighted by Gasteiger charge is -2.22. The molecular formula is C17H19F2N5O2. The number of piperidine rings is 1. The Morgan fingerprint density at radius 2 is 2.00 bits per heavy atom. The normalized spacial score (nSPS) is 16.9. The molecule has 26 heavy (non-hydrogen) atoms. The number of aromatic nitrogens is 2. The summed E-state index contributed by atoms with van der Waals surface area (Å²) in [6.07, 6.45) is 3.36. The second kappa shape index (κ2) is 8.05. The first-order valence-electron chi connectivity index (χ1n) is 8.34. The van der Waals surface area contributed by atoms with Crippen molar-refractivity contribution in [2.75, 3.05) is 25.0 Å². The minimum Gasteiger partial charge on any atom is -0.350 e. The van der Waals surface area contributed by atoms with Crippen molar-refractivity contribution in [3.8, 4) is 0 Å². The van der Waals surface area contributed by atoms with Crippen LogP contribution in [0, 0.1) is 17.6 Å². The number of rotatable bonds is 5. The molecule has 1 unspecified atom stereocenters. The van der Waals surface area contributed by atoms with Crippen LogP contribution in [-0.4, -0.2) is 41.6 Å². The van der Waals surface area contributed by atoms with Gasteiger partial charge in [0, 0.05) is 12.7 Å². The van der Waals surface area contributed by atoms with Crippen LogP contribution >= 0.6 is 0 Å². The van der Waals surface area contributed by atoms with Crippen molar-refractivity contribution < 1.29 is 18.4 Å². The number of hydrogen-bond donors (Lipinski definition) is 4. The van der Waals surface area contributed by atoms with Gasteiger partial charge >= 0.3 is 0 Å². The molecule has 2 amide bonds. The molecule has 4 N–H and O–H groups in total. The van der Waals surface area contributed by atoms with E-state index in [0.717, 1.165) is 44.1 Å². The first-order valence-corrected chi connectivity index (χ1v) is 8.34. The zero-order valence-electron chi connectivity index (χ0n) is 13.9. The minimum atomic E-state index is -0.993. The summed E-state index contributed by atoms with van der Waals surface area (Å²) < 4.78 is 27.4. The number of halogens is 2. The Kier molecular flexibility index (Phi) is 5.57. The molecule has 1 aliphatic heterocycles. The first kappa shape index (κ1) is 18.0. The molecule has 0 radical (unpaired) electrons. The highest BCUT2D eigenvalue weighted by Gasteiger charge is 2.22. The van der Waals surface area contributed by atoms with Crippen molar-refractivity contribution in [3.63, 3.8) is 0 Å². The van der Waals surface area contributed by atoms with Gasteiger partial charge < -0.3 is 16.0 Å². The summed E-state index contributed by atoms with van der Waals surface area (Å²) in [5.74, 6) is -3.10. The second-order valence-electron chi connectivity index (χ2n) is 6.12. The molecule has 1 fully saturated rings. The summed E-state index contributed by atoms with van der Waals surface area (Å²) in [6, 6.07) is 3.14. The molecular weight excluding hydrogens is 344 g/mol. The number of hydrogen-bond acceptors (Lipinski definition) is 4. The number of benzene rings is 1. The molecule has 1 aromatic carbocycles. The summed E-state index contributed by atoms with van der Waals surface area (Å²) in [5, 5.41) is 14.6. The molecule has 2 heterocycles. The summed E-state index contributed by atoms with van der Waals surface area (Å²) >= 11 is 0. The molecule has 1 saturated heterocycles. The lowest BCUT2D eigenvalue weighted by molar-refractivity contribution is 0.0940. The Labute approximate surface area is 148 Å². The number of nitrogens with zero attached hydrogens (tertiary/aromatic N) is 1. The number of carbonyl (C=O) groups excluding carboxylic acids is 2. The highest BCUT2D eigenvalue weighted by molar-refractivity contribution is 6.08. The van der Waals surface area contributed by atoms with E-state index in [1.807, 2.05) is 0 Å². The Bertz CT molecular complexity index is 782. The lowest BCUT2D eigenvalue weighted by atomic mass is 10.00. The number of anilines is 1. The third-order valence-electron chi connectivity index (χ3n) is 4.24. The number of H-pyrrole nitrogens is 1. The van der Waals surface area contributed by atoms with Gasteiger partial charge in [-0.25, -0.2) is 8.78 Å². The molecule has 9 heteroatoms. The number of amides is 2. The van der Waals surface area contributed by atoms with Crippen LogP contribution in [0.4, 0.5) is 14.5 Å². The predicted octanol–water partition coefficient (Wildman–Crippen LogP) is 1.67. The van der Waals surface area contributed by atoms with Gasteiger partial charge in [-0.3, -0.25) is 14.7 Å². The van der Waals surface area contributed by atoms with E-state index >= 15 is 0 Å². The van der Waals surface area contributed by atoms with Gasteiger partial charge in [0.2, 0.25) is 0 Å². The number of aromatic amines is 1. The fraction of sp³-hybridized carbons (Fsp3) is 0.353. The standard InChI is InChI=1S/C17H19F2N5O2/c18-11-4-1-5-12(19)14(11)16(25)23-13-9-22-24-15(13)17(26)21-8-10-3-2-6-20-7-10/h1,4-5,9-10,20H,2-3,6-8H2,(H,21,26)(H,22,24)(H,23,25). The Balaban J connectivity index is 1.66. The number of nitrogens with one attached hydrogen (secondary N) is 4. The van der Waals surface area contributed by atoms with Gasteiger partial charge in [0.25, 0.3) is 11.8 Å². The number of carbonyl (C=O) groups is 2. The van der Waals surface area contributed by atoms with Crippen LogP contribution in [0.15, 0.2) is 24.4 Å². The molecule has 3 rings (SSSR count). The maximum Gasteiger partial charge on any atom is 0.273 e. The minimum absolute atomic E-state index is 0.0427. The van der Waals surface area contributed by atoms with Crippen molar-refractivity contribution in [1.29, 1.82) is 0 Å². The van der Waals surface area contributed by atoms with Gasteiger partial charge in [0.15, 0.2) is 5.69 Å². The summed E-state index contributed by atoms with van der Waals surface area (Å²) in [6.45, 7) is 2.29. The zero-order chi connectivity index (χ0) is 18.5. The largest absolute Gasteiger partial charge is 0.350 e. The lowest BCUT2D eigenvalue weighted by Crippen LogP contribution is -2.38. The SMILES string of the molecule is O=C(NCC1CCCNC1)c1n[nH]cc1NC(=O)c1c(F)cccc1F. The topological polar surface area (TPSA) is 98.9 Å². The van der Waals surface area contributed by atoms with Crippen LogP contribution < -0.4 is 16.0 Å². The highest BCUT2D eigenvalue weighted by atomic mass is 19.1.